The third-order valence-corrected chi connectivity index (χ3v) is 4.86. The van der Waals surface area contributed by atoms with Gasteiger partial charge in [-0.05, 0) is 30.4 Å². The molecule has 0 aromatic carbocycles. The highest BCUT2D eigenvalue weighted by Crippen LogP contribution is 2.29. The van der Waals surface area contributed by atoms with Crippen molar-refractivity contribution >= 4 is 11.3 Å². The van der Waals surface area contributed by atoms with Crippen molar-refractivity contribution in [1.82, 2.24) is 4.57 Å². The van der Waals surface area contributed by atoms with E-state index in [9.17, 15) is 4.79 Å². The van der Waals surface area contributed by atoms with Crippen LogP contribution in [-0.2, 0) is 0 Å². The van der Waals surface area contributed by atoms with Crippen LogP contribution < -0.4 is 11.3 Å². The highest BCUT2D eigenvalue weighted by molar-refractivity contribution is 7.10. The molecule has 2 heterocycles. The number of thiophene rings is 1. The fourth-order valence-corrected chi connectivity index (χ4v) is 3.60. The van der Waals surface area contributed by atoms with E-state index in [1.807, 2.05) is 40.4 Å². The van der Waals surface area contributed by atoms with Crippen molar-refractivity contribution in [3.05, 3.63) is 56.6 Å². The SMILES string of the molecule is NC(c1cccs1)c1cccn(C2CCCC2)c1=O. The molecule has 4 heteroatoms. The standard InChI is InChI=1S/C15H18N2OS/c16-14(13-8-4-10-19-13)12-7-3-9-17(15(12)18)11-5-1-2-6-11/h3-4,7-11,14H,1-2,5-6,16H2. The zero-order valence-corrected chi connectivity index (χ0v) is 11.6. The van der Waals surface area contributed by atoms with Crippen LogP contribution in [0.5, 0.6) is 0 Å². The molecule has 0 spiro atoms. The second-order valence-electron chi connectivity index (χ2n) is 5.11. The highest BCUT2D eigenvalue weighted by atomic mass is 32.1. The number of hydrogen-bond donors (Lipinski definition) is 1. The summed E-state index contributed by atoms with van der Waals surface area (Å²) in [6, 6.07) is 7.82. The molecule has 0 amide bonds. The van der Waals surface area contributed by atoms with Gasteiger partial charge in [0, 0.05) is 22.7 Å². The number of aromatic nitrogens is 1. The monoisotopic (exact) mass is 274 g/mol. The lowest BCUT2D eigenvalue weighted by Crippen LogP contribution is -2.29. The summed E-state index contributed by atoms with van der Waals surface area (Å²) in [4.78, 5) is 13.6. The quantitative estimate of drug-likeness (QED) is 0.935. The predicted octanol–water partition coefficient (Wildman–Crippen LogP) is 3.07. The lowest BCUT2D eigenvalue weighted by molar-refractivity contribution is 0.498. The predicted molar refractivity (Wildman–Crippen MR) is 78.6 cm³/mol. The molecule has 3 nitrogen and oxygen atoms in total. The molecule has 1 atom stereocenters. The second-order valence-corrected chi connectivity index (χ2v) is 6.09. The lowest BCUT2D eigenvalue weighted by Gasteiger charge is -2.16. The van der Waals surface area contributed by atoms with Crippen molar-refractivity contribution < 1.29 is 0 Å². The van der Waals surface area contributed by atoms with Gasteiger partial charge in [-0.1, -0.05) is 25.0 Å². The molecule has 1 saturated carbocycles. The van der Waals surface area contributed by atoms with Gasteiger partial charge in [0.15, 0.2) is 0 Å². The van der Waals surface area contributed by atoms with Crippen molar-refractivity contribution in [1.29, 1.82) is 0 Å². The third-order valence-electron chi connectivity index (χ3n) is 3.91. The maximum Gasteiger partial charge on any atom is 0.255 e. The largest absolute Gasteiger partial charge is 0.319 e. The molecule has 1 fully saturated rings. The van der Waals surface area contributed by atoms with Gasteiger partial charge in [-0.2, -0.15) is 0 Å². The van der Waals surface area contributed by atoms with E-state index in [2.05, 4.69) is 0 Å². The van der Waals surface area contributed by atoms with E-state index in [1.165, 1.54) is 12.8 Å². The summed E-state index contributed by atoms with van der Waals surface area (Å²) in [5, 5.41) is 1.99. The van der Waals surface area contributed by atoms with Crippen LogP contribution in [-0.4, -0.2) is 4.57 Å². The van der Waals surface area contributed by atoms with E-state index < -0.39 is 0 Å². The molecular formula is C15H18N2OS. The van der Waals surface area contributed by atoms with Gasteiger partial charge in [0.25, 0.3) is 5.56 Å². The minimum absolute atomic E-state index is 0.0790. The first kappa shape index (κ1) is 12.6. The molecule has 3 rings (SSSR count). The van der Waals surface area contributed by atoms with Gasteiger partial charge in [-0.15, -0.1) is 11.3 Å². The second kappa shape index (κ2) is 5.31. The minimum atomic E-state index is -0.304. The maximum atomic E-state index is 12.6. The number of hydrogen-bond acceptors (Lipinski definition) is 3. The van der Waals surface area contributed by atoms with Gasteiger partial charge in [-0.25, -0.2) is 0 Å². The van der Waals surface area contributed by atoms with Crippen LogP contribution in [0.4, 0.5) is 0 Å². The molecular weight excluding hydrogens is 256 g/mol. The van der Waals surface area contributed by atoms with E-state index in [1.54, 1.807) is 11.3 Å². The zero-order chi connectivity index (χ0) is 13.2. The van der Waals surface area contributed by atoms with E-state index in [-0.39, 0.29) is 11.6 Å². The minimum Gasteiger partial charge on any atom is -0.319 e. The molecule has 0 aliphatic heterocycles. The van der Waals surface area contributed by atoms with E-state index in [4.69, 9.17) is 5.73 Å². The van der Waals surface area contributed by atoms with Crippen molar-refractivity contribution in [3.63, 3.8) is 0 Å². The molecule has 1 aliphatic rings. The van der Waals surface area contributed by atoms with Gasteiger partial charge >= 0.3 is 0 Å². The Balaban J connectivity index is 1.98. The summed E-state index contributed by atoms with van der Waals surface area (Å²) in [6.07, 6.45) is 6.56. The molecule has 0 radical (unpaired) electrons. The van der Waals surface area contributed by atoms with Gasteiger partial charge in [0.1, 0.15) is 0 Å². The van der Waals surface area contributed by atoms with Crippen LogP contribution in [0.15, 0.2) is 40.6 Å². The lowest BCUT2D eigenvalue weighted by atomic mass is 10.1. The van der Waals surface area contributed by atoms with Crippen LogP contribution in [0.1, 0.15) is 48.2 Å². The maximum absolute atomic E-state index is 12.6. The molecule has 1 unspecified atom stereocenters. The van der Waals surface area contributed by atoms with E-state index >= 15 is 0 Å². The Morgan fingerprint density at radius 1 is 1.26 bits per heavy atom. The summed E-state index contributed by atoms with van der Waals surface area (Å²) in [7, 11) is 0. The molecule has 2 aromatic heterocycles. The molecule has 100 valence electrons. The topological polar surface area (TPSA) is 48.0 Å². The highest BCUT2D eigenvalue weighted by Gasteiger charge is 2.21. The molecule has 2 aromatic rings. The fraction of sp³-hybridized carbons (Fsp3) is 0.400. The van der Waals surface area contributed by atoms with Crippen molar-refractivity contribution in [2.75, 3.05) is 0 Å². The van der Waals surface area contributed by atoms with Crippen LogP contribution >= 0.6 is 11.3 Å². The number of pyridine rings is 1. The first-order valence-corrected chi connectivity index (χ1v) is 7.65. The van der Waals surface area contributed by atoms with Gasteiger partial charge in [0.2, 0.25) is 0 Å². The van der Waals surface area contributed by atoms with Gasteiger partial charge < -0.3 is 10.3 Å². The summed E-state index contributed by atoms with van der Waals surface area (Å²) < 4.78 is 1.88. The fourth-order valence-electron chi connectivity index (χ4n) is 2.86. The van der Waals surface area contributed by atoms with Crippen molar-refractivity contribution in [3.8, 4) is 0 Å². The molecule has 0 bridgehead atoms. The zero-order valence-electron chi connectivity index (χ0n) is 10.8. The van der Waals surface area contributed by atoms with Crippen LogP contribution in [0, 0.1) is 0 Å². The smallest absolute Gasteiger partial charge is 0.255 e. The molecule has 19 heavy (non-hydrogen) atoms. The van der Waals surface area contributed by atoms with Gasteiger partial charge in [-0.3, -0.25) is 4.79 Å². The Morgan fingerprint density at radius 2 is 2.05 bits per heavy atom. The summed E-state index contributed by atoms with van der Waals surface area (Å²) in [6.45, 7) is 0. The van der Waals surface area contributed by atoms with Crippen molar-refractivity contribution in [2.24, 2.45) is 5.73 Å². The molecule has 1 aliphatic carbocycles. The number of nitrogens with two attached hydrogens (primary N) is 1. The Bertz CT molecular complexity index is 597. The molecule has 0 saturated heterocycles. The van der Waals surface area contributed by atoms with Gasteiger partial charge in [0.05, 0.1) is 6.04 Å². The van der Waals surface area contributed by atoms with Crippen LogP contribution in [0.3, 0.4) is 0 Å². The number of nitrogens with zero attached hydrogens (tertiary/aromatic N) is 1. The first-order chi connectivity index (χ1) is 9.27. The van der Waals surface area contributed by atoms with Crippen molar-refractivity contribution in [2.45, 2.75) is 37.8 Å². The average molecular weight is 274 g/mol. The molecule has 2 N–H and O–H groups in total. The Labute approximate surface area is 116 Å². The van der Waals surface area contributed by atoms with E-state index in [0.717, 1.165) is 17.7 Å². The third kappa shape index (κ3) is 2.38. The first-order valence-electron chi connectivity index (χ1n) is 6.77. The van der Waals surface area contributed by atoms with Crippen LogP contribution in [0.2, 0.25) is 0 Å². The van der Waals surface area contributed by atoms with Crippen LogP contribution in [0.25, 0.3) is 0 Å². The Hall–Kier alpha value is -1.39. The number of rotatable bonds is 3. The summed E-state index contributed by atoms with van der Waals surface area (Å²) >= 11 is 1.60. The Morgan fingerprint density at radius 3 is 2.74 bits per heavy atom. The summed E-state index contributed by atoms with van der Waals surface area (Å²) in [5.41, 5.74) is 7.01. The normalized spacial score (nSPS) is 17.7. The van der Waals surface area contributed by atoms with E-state index in [0.29, 0.717) is 11.6 Å². The Kier molecular flexibility index (Phi) is 3.53. The average Bonchev–Trinajstić information content (AvgIpc) is 3.11. The summed E-state index contributed by atoms with van der Waals surface area (Å²) in [5.74, 6) is 0.